The van der Waals surface area contributed by atoms with E-state index in [0.29, 0.717) is 27.1 Å². The first kappa shape index (κ1) is 12.7. The molecule has 1 saturated heterocycles. The zero-order valence-electron chi connectivity index (χ0n) is 10.6. The highest BCUT2D eigenvalue weighted by molar-refractivity contribution is 7.15. The number of benzene rings is 1. The number of piperidine rings is 1. The van der Waals surface area contributed by atoms with Crippen molar-refractivity contribution < 1.29 is 0 Å². The van der Waals surface area contributed by atoms with E-state index < -0.39 is 0 Å². The van der Waals surface area contributed by atoms with Crippen LogP contribution in [0.3, 0.4) is 0 Å². The Morgan fingerprint density at radius 1 is 1.25 bits per heavy atom. The molecule has 3 nitrogen and oxygen atoms in total. The van der Waals surface area contributed by atoms with E-state index in [-0.39, 0.29) is 0 Å². The van der Waals surface area contributed by atoms with Gasteiger partial charge in [0.1, 0.15) is 0 Å². The SMILES string of the molecule is Nc1nc2c(s1)C1CCC2CN1c1ccc(Cl)c(Cl)c1. The van der Waals surface area contributed by atoms with Crippen LogP contribution in [0.15, 0.2) is 18.2 Å². The number of rotatable bonds is 1. The first-order valence-corrected chi connectivity index (χ1v) is 8.18. The van der Waals surface area contributed by atoms with Crippen LogP contribution in [0.5, 0.6) is 0 Å². The third-order valence-corrected chi connectivity index (χ3v) is 5.94. The van der Waals surface area contributed by atoms with Gasteiger partial charge in [-0.2, -0.15) is 0 Å². The van der Waals surface area contributed by atoms with E-state index in [0.717, 1.165) is 18.7 Å². The minimum Gasteiger partial charge on any atom is -0.375 e. The summed E-state index contributed by atoms with van der Waals surface area (Å²) in [6, 6.07) is 6.24. The first-order valence-electron chi connectivity index (χ1n) is 6.61. The van der Waals surface area contributed by atoms with E-state index in [1.54, 1.807) is 11.3 Å². The highest BCUT2D eigenvalue weighted by Crippen LogP contribution is 2.51. The van der Waals surface area contributed by atoms with Crippen LogP contribution in [0.2, 0.25) is 10.0 Å². The van der Waals surface area contributed by atoms with Gasteiger partial charge in [0.05, 0.1) is 26.7 Å². The third-order valence-electron chi connectivity index (χ3n) is 4.20. The van der Waals surface area contributed by atoms with Crippen molar-refractivity contribution in [2.75, 3.05) is 17.2 Å². The van der Waals surface area contributed by atoms with Gasteiger partial charge in [-0.1, -0.05) is 34.5 Å². The molecule has 2 N–H and O–H groups in total. The summed E-state index contributed by atoms with van der Waals surface area (Å²) in [6.07, 6.45) is 2.35. The van der Waals surface area contributed by atoms with E-state index in [1.165, 1.54) is 17.0 Å². The molecule has 1 aliphatic carbocycles. The van der Waals surface area contributed by atoms with Crippen LogP contribution < -0.4 is 10.6 Å². The maximum atomic E-state index is 6.15. The lowest BCUT2D eigenvalue weighted by atomic mass is 9.81. The first-order chi connectivity index (χ1) is 9.63. The van der Waals surface area contributed by atoms with Gasteiger partial charge in [0.25, 0.3) is 0 Å². The zero-order valence-corrected chi connectivity index (χ0v) is 13.0. The van der Waals surface area contributed by atoms with Crippen LogP contribution in [0.4, 0.5) is 10.8 Å². The Hall–Kier alpha value is -0.970. The second-order valence-electron chi connectivity index (χ2n) is 5.34. The van der Waals surface area contributed by atoms with Gasteiger partial charge in [-0.15, -0.1) is 0 Å². The lowest BCUT2D eigenvalue weighted by Gasteiger charge is -2.45. The number of fused-ring (bicyclic) bond motifs is 2. The average Bonchev–Trinajstić information content (AvgIpc) is 2.85. The highest BCUT2D eigenvalue weighted by Gasteiger charge is 2.41. The van der Waals surface area contributed by atoms with Gasteiger partial charge in [0.15, 0.2) is 5.13 Å². The molecule has 6 heteroatoms. The van der Waals surface area contributed by atoms with Crippen molar-refractivity contribution in [1.82, 2.24) is 4.98 Å². The van der Waals surface area contributed by atoms with E-state index in [9.17, 15) is 0 Å². The molecule has 0 radical (unpaired) electrons. The van der Waals surface area contributed by atoms with Crippen LogP contribution in [0.25, 0.3) is 0 Å². The summed E-state index contributed by atoms with van der Waals surface area (Å²) in [5, 5.41) is 1.89. The van der Waals surface area contributed by atoms with Crippen LogP contribution in [-0.4, -0.2) is 11.5 Å². The molecular weight excluding hydrogens is 313 g/mol. The summed E-state index contributed by atoms with van der Waals surface area (Å²) < 4.78 is 0. The monoisotopic (exact) mass is 325 g/mol. The lowest BCUT2D eigenvalue weighted by molar-refractivity contribution is 0.389. The van der Waals surface area contributed by atoms with E-state index >= 15 is 0 Å². The Bertz CT molecular complexity index is 685. The van der Waals surface area contributed by atoms with Crippen LogP contribution >= 0.6 is 34.5 Å². The zero-order chi connectivity index (χ0) is 13.9. The van der Waals surface area contributed by atoms with Gasteiger partial charge in [-0.25, -0.2) is 4.98 Å². The predicted octanol–water partition coefficient (Wildman–Crippen LogP) is 4.47. The second-order valence-corrected chi connectivity index (χ2v) is 7.22. The molecule has 0 amide bonds. The number of nitrogen functional groups attached to an aromatic ring is 1. The molecule has 2 bridgehead atoms. The fraction of sp³-hybridized carbons (Fsp3) is 0.357. The molecule has 1 fully saturated rings. The van der Waals surface area contributed by atoms with Gasteiger partial charge < -0.3 is 10.6 Å². The van der Waals surface area contributed by atoms with Crippen molar-refractivity contribution in [3.63, 3.8) is 0 Å². The quantitative estimate of drug-likeness (QED) is 0.841. The standard InChI is InChI=1S/C14H13Cl2N3S/c15-9-3-2-8(5-10(9)16)19-6-7-1-4-11(19)13-12(7)18-14(17)20-13/h2-3,5,7,11H,1,4,6H2,(H2,17,18). The van der Waals surface area contributed by atoms with Crippen molar-refractivity contribution in [2.45, 2.75) is 24.8 Å². The number of anilines is 2. The minimum absolute atomic E-state index is 0.377. The molecule has 5 rings (SSSR count). The third kappa shape index (κ3) is 1.82. The average molecular weight is 326 g/mol. The molecule has 0 saturated carbocycles. The summed E-state index contributed by atoms with van der Waals surface area (Å²) in [5.41, 5.74) is 8.24. The molecule has 104 valence electrons. The second kappa shape index (κ2) is 4.52. The van der Waals surface area contributed by atoms with Crippen molar-refractivity contribution in [3.8, 4) is 0 Å². The Kier molecular flexibility index (Phi) is 2.88. The molecule has 2 aliphatic heterocycles. The number of hydrogen-bond acceptors (Lipinski definition) is 4. The summed E-state index contributed by atoms with van der Waals surface area (Å²) in [5.74, 6) is 0.484. The van der Waals surface area contributed by atoms with Crippen LogP contribution in [-0.2, 0) is 0 Å². The van der Waals surface area contributed by atoms with Crippen LogP contribution in [0, 0.1) is 0 Å². The van der Waals surface area contributed by atoms with Crippen molar-refractivity contribution >= 4 is 45.4 Å². The van der Waals surface area contributed by atoms with Crippen LogP contribution in [0.1, 0.15) is 35.4 Å². The Labute approximate surface area is 131 Å². The number of nitrogens with two attached hydrogens (primary N) is 1. The fourth-order valence-corrected chi connectivity index (χ4v) is 4.67. The van der Waals surface area contributed by atoms with Gasteiger partial charge in [-0.05, 0) is 31.0 Å². The number of nitrogens with zero attached hydrogens (tertiary/aromatic N) is 2. The molecule has 0 spiro atoms. The van der Waals surface area contributed by atoms with Crippen molar-refractivity contribution in [3.05, 3.63) is 38.8 Å². The number of aromatic nitrogens is 1. The van der Waals surface area contributed by atoms with Crippen molar-refractivity contribution in [1.29, 1.82) is 0 Å². The highest BCUT2D eigenvalue weighted by atomic mass is 35.5. The van der Waals surface area contributed by atoms with E-state index in [4.69, 9.17) is 28.9 Å². The number of halogens is 2. The Morgan fingerprint density at radius 2 is 2.10 bits per heavy atom. The molecule has 2 aromatic rings. The molecule has 20 heavy (non-hydrogen) atoms. The minimum atomic E-state index is 0.377. The maximum Gasteiger partial charge on any atom is 0.180 e. The van der Waals surface area contributed by atoms with E-state index in [1.807, 2.05) is 18.2 Å². The number of thiazole rings is 1. The predicted molar refractivity (Wildman–Crippen MR) is 85.1 cm³/mol. The summed E-state index contributed by atoms with van der Waals surface area (Å²) in [6.45, 7) is 0.985. The topological polar surface area (TPSA) is 42.1 Å². The molecule has 3 aliphatic rings. The molecule has 1 aromatic carbocycles. The fourth-order valence-electron chi connectivity index (χ4n) is 3.31. The van der Waals surface area contributed by atoms with Gasteiger partial charge in [-0.3, -0.25) is 0 Å². The largest absolute Gasteiger partial charge is 0.375 e. The molecule has 2 unspecified atom stereocenters. The summed E-state index contributed by atoms with van der Waals surface area (Å²) >= 11 is 13.8. The normalized spacial score (nSPS) is 24.0. The molecule has 2 atom stereocenters. The van der Waals surface area contributed by atoms with Gasteiger partial charge in [0, 0.05) is 18.2 Å². The Morgan fingerprint density at radius 3 is 2.90 bits per heavy atom. The molecule has 3 heterocycles. The van der Waals surface area contributed by atoms with E-state index in [2.05, 4.69) is 9.88 Å². The van der Waals surface area contributed by atoms with Gasteiger partial charge in [0.2, 0.25) is 0 Å². The molecule has 1 aromatic heterocycles. The van der Waals surface area contributed by atoms with Crippen molar-refractivity contribution in [2.24, 2.45) is 0 Å². The molecular formula is C14H13Cl2N3S. The van der Waals surface area contributed by atoms with Gasteiger partial charge >= 0.3 is 0 Å². The number of hydrogen-bond donors (Lipinski definition) is 1. The smallest absolute Gasteiger partial charge is 0.180 e. The lowest BCUT2D eigenvalue weighted by Crippen LogP contribution is -2.42. The Balaban J connectivity index is 1.77. The summed E-state index contributed by atoms with van der Waals surface area (Å²) in [7, 11) is 0. The maximum absolute atomic E-state index is 6.15. The summed E-state index contributed by atoms with van der Waals surface area (Å²) in [4.78, 5) is 8.26.